The minimum atomic E-state index is -6.72. The Balaban J connectivity index is 0.000000290. The van der Waals surface area contributed by atoms with Crippen LogP contribution in [0, 0.1) is 0 Å². The number of halogens is 6. The van der Waals surface area contributed by atoms with Crippen molar-refractivity contribution in [3.63, 3.8) is 0 Å². The summed E-state index contributed by atoms with van der Waals surface area (Å²) in [5.41, 5.74) is -1.47. The average molecular weight is 984 g/mol. The van der Waals surface area contributed by atoms with E-state index in [2.05, 4.69) is 72.8 Å². The Kier molecular flexibility index (Phi) is 13.1. The van der Waals surface area contributed by atoms with Gasteiger partial charge in [-0.1, -0.05) is 113 Å². The van der Waals surface area contributed by atoms with Crippen LogP contribution in [0.3, 0.4) is 0 Å². The smallest absolute Gasteiger partial charge is 0.496 e. The van der Waals surface area contributed by atoms with E-state index in [9.17, 15) is 43.2 Å². The normalized spacial score (nSPS) is 20.9. The van der Waals surface area contributed by atoms with E-state index in [1.165, 1.54) is 80.9 Å². The number of sulfonamides is 2. The van der Waals surface area contributed by atoms with Crippen LogP contribution in [0.5, 0.6) is 5.75 Å². The molecule has 2 bridgehead atoms. The van der Waals surface area contributed by atoms with Gasteiger partial charge in [-0.2, -0.15) is 26.3 Å². The first-order valence-electron chi connectivity index (χ1n) is 17.3. The first-order chi connectivity index (χ1) is 24.6. The van der Waals surface area contributed by atoms with Gasteiger partial charge >= 0.3 is 33.4 Å². The Bertz CT molecular complexity index is 1920. The van der Waals surface area contributed by atoms with Gasteiger partial charge in [-0.05, 0) is 76.2 Å². The predicted octanol–water partition coefficient (Wildman–Crippen LogP) is 10.9. The molecule has 8 rings (SSSR count). The van der Waals surface area contributed by atoms with Crippen molar-refractivity contribution in [1.29, 1.82) is 0 Å². The van der Waals surface area contributed by atoms with Crippen molar-refractivity contribution in [3.8, 4) is 5.75 Å². The quantitative estimate of drug-likeness (QED) is 0.134. The van der Waals surface area contributed by atoms with E-state index in [4.69, 9.17) is 4.74 Å². The van der Waals surface area contributed by atoms with Crippen LogP contribution in [-0.4, -0.2) is 46.3 Å². The first kappa shape index (κ1) is 42.0. The van der Waals surface area contributed by atoms with Crippen molar-refractivity contribution in [2.75, 3.05) is 7.11 Å². The van der Waals surface area contributed by atoms with E-state index in [0.29, 0.717) is 11.8 Å². The summed E-state index contributed by atoms with van der Waals surface area (Å²) in [6, 6.07) is 27.7. The molecule has 5 aliphatic carbocycles. The van der Waals surface area contributed by atoms with E-state index in [-0.39, 0.29) is 30.3 Å². The minimum Gasteiger partial charge on any atom is -0.496 e. The zero-order valence-electron chi connectivity index (χ0n) is 28.6. The molecule has 0 spiro atoms. The zero-order valence-corrected chi connectivity index (χ0v) is 33.3. The van der Waals surface area contributed by atoms with E-state index >= 15 is 0 Å². The summed E-state index contributed by atoms with van der Waals surface area (Å²) < 4.78 is 115. The number of methoxy groups -OCH3 is 1. The Morgan fingerprint density at radius 1 is 0.604 bits per heavy atom. The summed E-state index contributed by atoms with van der Waals surface area (Å²) in [5.74, 6) is 1.74. The van der Waals surface area contributed by atoms with Gasteiger partial charge in [0.2, 0.25) is 0 Å². The number of alkyl halides is 6. The molecule has 0 aliphatic heterocycles. The van der Waals surface area contributed by atoms with Gasteiger partial charge in [-0.3, -0.25) is 0 Å². The summed E-state index contributed by atoms with van der Waals surface area (Å²) in [6.07, 6.45) is 14.3. The summed E-state index contributed by atoms with van der Waals surface area (Å²) >= 11 is 0. The molecule has 0 atom stereocenters. The summed E-state index contributed by atoms with van der Waals surface area (Å²) in [5, 5.41) is 1.83. The molecule has 2 fully saturated rings. The van der Waals surface area contributed by atoms with Crippen LogP contribution in [0.4, 0.5) is 26.3 Å². The molecule has 0 heterocycles. The summed E-state index contributed by atoms with van der Waals surface area (Å²) in [6.45, 7) is 0. The van der Waals surface area contributed by atoms with Crippen LogP contribution in [0.25, 0.3) is 9.70 Å². The number of hydrogen-bond acceptors (Lipinski definition) is 5. The third-order valence-electron chi connectivity index (χ3n) is 10.5. The fraction of sp³-hybridized carbons (Fsp3) is 0.459. The van der Waals surface area contributed by atoms with E-state index < -0.39 is 31.1 Å². The van der Waals surface area contributed by atoms with E-state index in [1.807, 2.05) is 12.4 Å². The topological polar surface area (TPSA) is 91.6 Å². The molecule has 0 unspecified atom stereocenters. The van der Waals surface area contributed by atoms with Gasteiger partial charge in [0.25, 0.3) is 0 Å². The van der Waals surface area contributed by atoms with Crippen LogP contribution in [0.1, 0.15) is 104 Å². The molecule has 3 aromatic rings. The number of para-hydroxylation sites is 1. The van der Waals surface area contributed by atoms with Gasteiger partial charge in [-0.25, -0.2) is 16.8 Å². The van der Waals surface area contributed by atoms with Gasteiger partial charge in [0.05, 0.1) is 7.11 Å². The van der Waals surface area contributed by atoms with Gasteiger partial charge in [-0.15, -0.1) is 0 Å². The Morgan fingerprint density at radius 3 is 1.38 bits per heavy atom. The molecule has 0 N–H and O–H groups in total. The SMILES string of the molecule is COc1ccccc1C1=C(P(C2CCCCC2)C2CCCCC2)C2c3ccccc3C1c1ccccc12.O=S(=O)([N-]S(=O)(=O)C(F)(F)F)C(F)(F)F.[Au+]. The van der Waals surface area contributed by atoms with Crippen LogP contribution >= 0.6 is 7.92 Å². The second kappa shape index (κ2) is 16.5. The van der Waals surface area contributed by atoms with Crippen molar-refractivity contribution in [3.05, 3.63) is 110 Å². The molecule has 2 saturated carbocycles. The second-order valence-electron chi connectivity index (χ2n) is 13.5. The molecule has 5 aliphatic rings. The molecule has 0 radical (unpaired) electrons. The maximum Gasteiger partial charge on any atom is 1.00 e. The molecular weight excluding hydrogens is 944 g/mol. The third kappa shape index (κ3) is 8.34. The Labute approximate surface area is 323 Å². The Hall–Kier alpha value is -2.19. The molecule has 6 nitrogen and oxygen atoms in total. The van der Waals surface area contributed by atoms with Crippen molar-refractivity contribution in [2.24, 2.45) is 0 Å². The summed E-state index contributed by atoms with van der Waals surface area (Å²) in [7, 11) is -11.8. The average Bonchev–Trinajstić information content (AvgIpc) is 3.11. The second-order valence-corrected chi connectivity index (χ2v) is 19.7. The monoisotopic (exact) mass is 983 g/mol. The molecule has 0 saturated heterocycles. The molecule has 292 valence electrons. The first-order valence-corrected chi connectivity index (χ1v) is 21.6. The maximum absolute atomic E-state index is 11.4. The van der Waals surface area contributed by atoms with Gasteiger partial charge < -0.3 is 8.86 Å². The number of allylic oxidation sites excluding steroid dienone is 2. The van der Waals surface area contributed by atoms with Crippen molar-refractivity contribution in [2.45, 2.75) is 98.4 Å². The van der Waals surface area contributed by atoms with Crippen molar-refractivity contribution in [1.82, 2.24) is 0 Å². The summed E-state index contributed by atoms with van der Waals surface area (Å²) in [4.78, 5) is 0. The Morgan fingerprint density at radius 2 is 0.981 bits per heavy atom. The molecule has 0 amide bonds. The van der Waals surface area contributed by atoms with Gasteiger partial charge in [0.1, 0.15) is 5.75 Å². The van der Waals surface area contributed by atoms with Crippen LogP contribution in [0.2, 0.25) is 0 Å². The number of hydrogen-bond donors (Lipinski definition) is 0. The van der Waals surface area contributed by atoms with Crippen molar-refractivity contribution >= 4 is 33.5 Å². The third-order valence-corrected chi connectivity index (χ3v) is 16.9. The van der Waals surface area contributed by atoms with Gasteiger partial charge in [0.15, 0.2) is 20.0 Å². The van der Waals surface area contributed by atoms with Crippen molar-refractivity contribution < 1.29 is 70.3 Å². The fourth-order valence-electron chi connectivity index (χ4n) is 8.39. The van der Waals surface area contributed by atoms with Crippen LogP contribution in [0.15, 0.2) is 78.1 Å². The van der Waals surface area contributed by atoms with Crippen LogP contribution < -0.4 is 4.74 Å². The molecule has 0 aromatic heterocycles. The number of rotatable bonds is 7. The molecule has 53 heavy (non-hydrogen) atoms. The maximum atomic E-state index is 11.4. The number of nitrogens with zero attached hydrogens (tertiary/aromatic N) is 1. The van der Waals surface area contributed by atoms with Crippen LogP contribution in [-0.2, 0) is 42.4 Å². The fourth-order valence-corrected chi connectivity index (χ4v) is 14.4. The standard InChI is InChI=1S/C35H39OP.C2F6NO4S2.Au/c1-36-31-23-13-12-22-30(31)34-32-26-18-8-10-20-28(26)33(29-21-11-9-19-27(29)32)35(34)37(24-14-4-2-5-15-24)25-16-6-3-7-17-25;3-1(4,5)14(10,11)9-15(12,13)2(6,7)8;/h8-13,18-25,32-33H,2-7,14-17H2,1H3;;/q;-1;+1. The van der Waals surface area contributed by atoms with E-state index in [1.54, 1.807) is 16.7 Å². The van der Waals surface area contributed by atoms with Gasteiger partial charge in [0, 0.05) is 17.4 Å². The predicted molar refractivity (Wildman–Crippen MR) is 190 cm³/mol. The molecule has 16 heteroatoms. The minimum absolute atomic E-state index is 0. The number of ether oxygens (including phenoxy) is 1. The number of benzene rings is 3. The molecular formula is C37H39AuF6NO5PS2. The zero-order chi connectivity index (χ0) is 37.5. The largest absolute Gasteiger partial charge is 1.00 e. The molecule has 3 aromatic carbocycles. The van der Waals surface area contributed by atoms with E-state index in [0.717, 1.165) is 21.2 Å².